The summed E-state index contributed by atoms with van der Waals surface area (Å²) in [5, 5.41) is 0. The van der Waals surface area contributed by atoms with Crippen LogP contribution in [0.15, 0.2) is 11.6 Å². The number of hydrogen-bond acceptors (Lipinski definition) is 2. The van der Waals surface area contributed by atoms with Gasteiger partial charge in [0.15, 0.2) is 0 Å². The van der Waals surface area contributed by atoms with Crippen molar-refractivity contribution in [3.05, 3.63) is 11.6 Å². The van der Waals surface area contributed by atoms with E-state index in [9.17, 15) is 4.79 Å². The maximum Gasteiger partial charge on any atom is 0.219 e. The van der Waals surface area contributed by atoms with E-state index in [1.165, 1.54) is 5.57 Å². The minimum absolute atomic E-state index is 0.201. The predicted octanol–water partition coefficient (Wildman–Crippen LogP) is 1.12. The maximum atomic E-state index is 11.1. The number of amides is 1. The molecule has 0 aromatic heterocycles. The van der Waals surface area contributed by atoms with Crippen LogP contribution >= 0.6 is 0 Å². The van der Waals surface area contributed by atoms with Crippen LogP contribution in [-0.2, 0) is 4.79 Å². The first-order valence-electron chi connectivity index (χ1n) is 5.23. The van der Waals surface area contributed by atoms with Gasteiger partial charge < -0.3 is 4.90 Å². The van der Waals surface area contributed by atoms with Crippen molar-refractivity contribution in [2.24, 2.45) is 0 Å². The van der Waals surface area contributed by atoms with E-state index in [0.29, 0.717) is 0 Å². The van der Waals surface area contributed by atoms with E-state index in [4.69, 9.17) is 0 Å². The van der Waals surface area contributed by atoms with Gasteiger partial charge in [-0.25, -0.2) is 0 Å². The summed E-state index contributed by atoms with van der Waals surface area (Å²) in [4.78, 5) is 15.4. The van der Waals surface area contributed by atoms with Crippen molar-refractivity contribution in [2.45, 2.75) is 20.8 Å². The van der Waals surface area contributed by atoms with Gasteiger partial charge in [-0.2, -0.15) is 0 Å². The highest BCUT2D eigenvalue weighted by atomic mass is 16.2. The Labute approximate surface area is 86.4 Å². The zero-order chi connectivity index (χ0) is 10.6. The van der Waals surface area contributed by atoms with Crippen LogP contribution in [0, 0.1) is 0 Å². The molecule has 0 aromatic carbocycles. The Kier molecular flexibility index (Phi) is 4.14. The number of carbonyl (C=O) groups excluding carboxylic acids is 1. The number of piperazine rings is 1. The maximum absolute atomic E-state index is 11.1. The lowest BCUT2D eigenvalue weighted by Gasteiger charge is -2.34. The molecule has 1 aliphatic heterocycles. The van der Waals surface area contributed by atoms with Gasteiger partial charge in [0, 0.05) is 39.6 Å². The minimum atomic E-state index is 0.201. The van der Waals surface area contributed by atoms with E-state index in [1.54, 1.807) is 6.92 Å². The molecular weight excluding hydrogens is 176 g/mol. The Morgan fingerprint density at radius 3 is 2.21 bits per heavy atom. The third kappa shape index (κ3) is 3.14. The topological polar surface area (TPSA) is 23.6 Å². The van der Waals surface area contributed by atoms with Crippen LogP contribution in [0.1, 0.15) is 20.8 Å². The van der Waals surface area contributed by atoms with Gasteiger partial charge in [-0.05, 0) is 13.8 Å². The summed E-state index contributed by atoms with van der Waals surface area (Å²) in [6.07, 6.45) is 2.15. The second-order valence-electron chi connectivity index (χ2n) is 3.92. The largest absolute Gasteiger partial charge is 0.340 e. The summed E-state index contributed by atoms with van der Waals surface area (Å²) in [6, 6.07) is 0. The summed E-state index contributed by atoms with van der Waals surface area (Å²) >= 11 is 0. The third-order valence-electron chi connectivity index (χ3n) is 2.78. The van der Waals surface area contributed by atoms with Crippen LogP contribution in [0.4, 0.5) is 0 Å². The second-order valence-corrected chi connectivity index (χ2v) is 3.92. The quantitative estimate of drug-likeness (QED) is 0.618. The molecule has 14 heavy (non-hydrogen) atoms. The Bertz CT molecular complexity index is 227. The standard InChI is InChI=1S/C11H20N2O/c1-4-10(2)9-12-5-7-13(8-6-12)11(3)14/h4H,5-9H2,1-3H3/b10-4+. The first-order valence-corrected chi connectivity index (χ1v) is 5.23. The molecule has 1 saturated heterocycles. The lowest BCUT2D eigenvalue weighted by molar-refractivity contribution is -0.130. The summed E-state index contributed by atoms with van der Waals surface area (Å²) in [5.41, 5.74) is 1.40. The zero-order valence-electron chi connectivity index (χ0n) is 9.42. The first kappa shape index (κ1) is 11.2. The van der Waals surface area contributed by atoms with Crippen molar-refractivity contribution in [3.63, 3.8) is 0 Å². The molecular formula is C11H20N2O. The molecule has 1 heterocycles. The predicted molar refractivity (Wildman–Crippen MR) is 58.1 cm³/mol. The molecule has 0 aliphatic carbocycles. The van der Waals surface area contributed by atoms with E-state index in [-0.39, 0.29) is 5.91 Å². The normalized spacial score (nSPS) is 19.9. The molecule has 0 saturated carbocycles. The highest BCUT2D eigenvalue weighted by Crippen LogP contribution is 2.04. The van der Waals surface area contributed by atoms with E-state index in [1.807, 2.05) is 4.90 Å². The average molecular weight is 196 g/mol. The lowest BCUT2D eigenvalue weighted by atomic mass is 10.2. The van der Waals surface area contributed by atoms with E-state index in [2.05, 4.69) is 24.8 Å². The summed E-state index contributed by atoms with van der Waals surface area (Å²) < 4.78 is 0. The van der Waals surface area contributed by atoms with Crippen molar-refractivity contribution in [1.29, 1.82) is 0 Å². The van der Waals surface area contributed by atoms with Crippen LogP contribution in [0.3, 0.4) is 0 Å². The smallest absolute Gasteiger partial charge is 0.219 e. The molecule has 1 rings (SSSR count). The number of allylic oxidation sites excluding steroid dienone is 1. The number of hydrogen-bond donors (Lipinski definition) is 0. The SMILES string of the molecule is C/C=C(\C)CN1CCN(C(C)=O)CC1. The van der Waals surface area contributed by atoms with Gasteiger partial charge >= 0.3 is 0 Å². The molecule has 0 unspecified atom stereocenters. The highest BCUT2D eigenvalue weighted by Gasteiger charge is 2.17. The van der Waals surface area contributed by atoms with Crippen LogP contribution < -0.4 is 0 Å². The molecule has 1 aliphatic rings. The molecule has 0 radical (unpaired) electrons. The monoisotopic (exact) mass is 196 g/mol. The van der Waals surface area contributed by atoms with Gasteiger partial charge in [-0.1, -0.05) is 11.6 Å². The fourth-order valence-corrected chi connectivity index (χ4v) is 1.66. The fraction of sp³-hybridized carbons (Fsp3) is 0.727. The van der Waals surface area contributed by atoms with Crippen LogP contribution in [0.2, 0.25) is 0 Å². The molecule has 1 amide bonds. The molecule has 0 atom stereocenters. The van der Waals surface area contributed by atoms with Gasteiger partial charge in [0.25, 0.3) is 0 Å². The van der Waals surface area contributed by atoms with Crippen molar-refractivity contribution in [3.8, 4) is 0 Å². The van der Waals surface area contributed by atoms with Crippen molar-refractivity contribution in [1.82, 2.24) is 9.80 Å². The van der Waals surface area contributed by atoms with Crippen LogP contribution in [-0.4, -0.2) is 48.4 Å². The summed E-state index contributed by atoms with van der Waals surface area (Å²) in [6.45, 7) is 10.7. The molecule has 80 valence electrons. The Balaban J connectivity index is 2.32. The molecule has 3 nitrogen and oxygen atoms in total. The van der Waals surface area contributed by atoms with Crippen molar-refractivity contribution >= 4 is 5.91 Å². The third-order valence-corrected chi connectivity index (χ3v) is 2.78. The number of rotatable bonds is 2. The second kappa shape index (κ2) is 5.15. The molecule has 3 heteroatoms. The molecule has 1 fully saturated rings. The summed E-state index contributed by atoms with van der Waals surface area (Å²) in [5.74, 6) is 0.201. The van der Waals surface area contributed by atoms with Gasteiger partial charge in [-0.15, -0.1) is 0 Å². The number of nitrogens with zero attached hydrogens (tertiary/aromatic N) is 2. The number of carbonyl (C=O) groups is 1. The first-order chi connectivity index (χ1) is 6.63. The average Bonchev–Trinajstić information content (AvgIpc) is 2.18. The molecule has 0 bridgehead atoms. The van der Waals surface area contributed by atoms with Gasteiger partial charge in [0.1, 0.15) is 0 Å². The van der Waals surface area contributed by atoms with Crippen molar-refractivity contribution in [2.75, 3.05) is 32.7 Å². The Morgan fingerprint density at radius 1 is 1.21 bits per heavy atom. The van der Waals surface area contributed by atoms with E-state index >= 15 is 0 Å². The van der Waals surface area contributed by atoms with Gasteiger partial charge in [-0.3, -0.25) is 9.69 Å². The molecule has 0 spiro atoms. The minimum Gasteiger partial charge on any atom is -0.340 e. The zero-order valence-corrected chi connectivity index (χ0v) is 9.42. The van der Waals surface area contributed by atoms with Crippen LogP contribution in [0.5, 0.6) is 0 Å². The molecule has 0 N–H and O–H groups in total. The highest BCUT2D eigenvalue weighted by molar-refractivity contribution is 5.73. The van der Waals surface area contributed by atoms with E-state index < -0.39 is 0 Å². The van der Waals surface area contributed by atoms with Crippen LogP contribution in [0.25, 0.3) is 0 Å². The fourth-order valence-electron chi connectivity index (χ4n) is 1.66. The van der Waals surface area contributed by atoms with E-state index in [0.717, 1.165) is 32.7 Å². The van der Waals surface area contributed by atoms with Gasteiger partial charge in [0.2, 0.25) is 5.91 Å². The Morgan fingerprint density at radius 2 is 1.79 bits per heavy atom. The molecule has 0 aromatic rings. The van der Waals surface area contributed by atoms with Gasteiger partial charge in [0.05, 0.1) is 0 Å². The Hall–Kier alpha value is -0.830. The lowest BCUT2D eigenvalue weighted by Crippen LogP contribution is -2.48. The summed E-state index contributed by atoms with van der Waals surface area (Å²) in [7, 11) is 0. The van der Waals surface area contributed by atoms with Crippen molar-refractivity contribution < 1.29 is 4.79 Å².